The summed E-state index contributed by atoms with van der Waals surface area (Å²) in [7, 11) is 0. The first-order chi connectivity index (χ1) is 19.8. The summed E-state index contributed by atoms with van der Waals surface area (Å²) in [5.74, 6) is 4.66. The molecule has 8 bridgehead atoms. The van der Waals surface area contributed by atoms with E-state index in [0.717, 1.165) is 57.4 Å². The van der Waals surface area contributed by atoms with E-state index in [9.17, 15) is 0 Å². The Morgan fingerprint density at radius 3 is 1.10 bits per heavy atom. The minimum Gasteiger partial charge on any atom is -0.208 e. The smallest absolute Gasteiger partial charge is 0.164 e. The molecular formula is C32H18N8. The van der Waals surface area contributed by atoms with Gasteiger partial charge in [-0.3, -0.25) is 0 Å². The quantitative estimate of drug-likeness (QED) is 0.400. The van der Waals surface area contributed by atoms with Crippen molar-refractivity contribution >= 4 is 46.7 Å². The maximum atomic E-state index is 5.00. The van der Waals surface area contributed by atoms with Crippen LogP contribution in [0.5, 0.6) is 0 Å². The van der Waals surface area contributed by atoms with E-state index in [2.05, 4.69) is 12.2 Å². The summed E-state index contributed by atoms with van der Waals surface area (Å²) >= 11 is 0. The van der Waals surface area contributed by atoms with Crippen molar-refractivity contribution in [3.05, 3.63) is 129 Å². The van der Waals surface area contributed by atoms with E-state index in [1.807, 2.05) is 72.8 Å². The maximum absolute atomic E-state index is 5.00. The largest absolute Gasteiger partial charge is 0.208 e. The van der Waals surface area contributed by atoms with Gasteiger partial charge in [-0.25, -0.2) is 39.9 Å². The second-order valence-corrected chi connectivity index (χ2v) is 9.95. The predicted molar refractivity (Wildman–Crippen MR) is 159 cm³/mol. The predicted octanol–water partition coefficient (Wildman–Crippen LogP) is 5.08. The van der Waals surface area contributed by atoms with Crippen LogP contribution < -0.4 is 0 Å². The zero-order chi connectivity index (χ0) is 26.2. The Kier molecular flexibility index (Phi) is 4.29. The van der Waals surface area contributed by atoms with Crippen molar-refractivity contribution in [1.29, 1.82) is 0 Å². The lowest BCUT2D eigenvalue weighted by atomic mass is 9.98. The molecule has 3 aromatic rings. The number of fused-ring (bicyclic) bond motifs is 15. The maximum Gasteiger partial charge on any atom is 0.164 e. The van der Waals surface area contributed by atoms with Crippen LogP contribution in [0.15, 0.2) is 136 Å². The summed E-state index contributed by atoms with van der Waals surface area (Å²) in [6, 6.07) is 24.0. The number of hydrogen-bond acceptors (Lipinski definition) is 8. The summed E-state index contributed by atoms with van der Waals surface area (Å²) in [5.41, 5.74) is 7.51. The number of amidine groups is 8. The van der Waals surface area contributed by atoms with Crippen molar-refractivity contribution in [2.24, 2.45) is 39.9 Å². The standard InChI is InChI=1S/C32H18N8/c1-2-10-18-17(9-1)25-33-26(18)38-28-21-13-5-6-14-22(21)30(35-28)40-32-24-16-8-7-15-23(24)31(36-32)39-29-20-12-4-3-11-19(20)27(34-29)37-25/h1-7,9-15H,8,16H2. The monoisotopic (exact) mass is 514 g/mol. The van der Waals surface area contributed by atoms with Crippen LogP contribution >= 0.6 is 0 Å². The molecule has 0 unspecified atom stereocenters. The second kappa shape index (κ2) is 8.00. The van der Waals surface area contributed by atoms with Gasteiger partial charge in [0.25, 0.3) is 0 Å². The van der Waals surface area contributed by atoms with Gasteiger partial charge in [0, 0.05) is 44.5 Å². The molecular weight excluding hydrogens is 496 g/mol. The Hall–Kier alpha value is -5.50. The normalized spacial score (nSPS) is 19.3. The molecule has 40 heavy (non-hydrogen) atoms. The Labute approximate surface area is 228 Å². The highest BCUT2D eigenvalue weighted by atomic mass is 15.1. The molecule has 0 radical (unpaired) electrons. The van der Waals surface area contributed by atoms with Crippen LogP contribution in [0.25, 0.3) is 0 Å². The highest BCUT2D eigenvalue weighted by Crippen LogP contribution is 2.32. The third-order valence-electron chi connectivity index (χ3n) is 7.60. The number of rotatable bonds is 0. The van der Waals surface area contributed by atoms with Crippen LogP contribution in [0.4, 0.5) is 0 Å². The van der Waals surface area contributed by atoms with Crippen LogP contribution in [0.2, 0.25) is 0 Å². The van der Waals surface area contributed by atoms with Crippen molar-refractivity contribution in [3.8, 4) is 0 Å². The molecule has 0 saturated heterocycles. The van der Waals surface area contributed by atoms with Crippen molar-refractivity contribution < 1.29 is 0 Å². The highest BCUT2D eigenvalue weighted by molar-refractivity contribution is 6.35. The average molecular weight is 515 g/mol. The molecule has 8 heteroatoms. The van der Waals surface area contributed by atoms with Crippen molar-refractivity contribution in [3.63, 3.8) is 0 Å². The van der Waals surface area contributed by atoms with E-state index >= 15 is 0 Å². The average Bonchev–Trinajstić information content (AvgIpc) is 3.73. The van der Waals surface area contributed by atoms with Crippen LogP contribution in [0, 0.1) is 0 Å². The fourth-order valence-corrected chi connectivity index (χ4v) is 5.71. The molecule has 9 rings (SSSR count). The molecule has 0 fully saturated rings. The van der Waals surface area contributed by atoms with E-state index in [-0.39, 0.29) is 0 Å². The van der Waals surface area contributed by atoms with Gasteiger partial charge >= 0.3 is 0 Å². The first-order valence-corrected chi connectivity index (χ1v) is 13.2. The van der Waals surface area contributed by atoms with Crippen molar-refractivity contribution in [2.75, 3.05) is 0 Å². The van der Waals surface area contributed by atoms with Crippen LogP contribution in [0.3, 0.4) is 0 Å². The molecule has 0 spiro atoms. The van der Waals surface area contributed by atoms with E-state index in [1.165, 1.54) is 0 Å². The summed E-state index contributed by atoms with van der Waals surface area (Å²) < 4.78 is 0. The molecule has 5 aliphatic heterocycles. The first-order valence-electron chi connectivity index (χ1n) is 13.2. The molecule has 0 saturated carbocycles. The number of benzene rings is 3. The molecule has 0 N–H and O–H groups in total. The number of aliphatic imine (C=N–C) groups is 8. The van der Waals surface area contributed by atoms with Gasteiger partial charge in [0.2, 0.25) is 0 Å². The molecule has 0 aromatic heterocycles. The van der Waals surface area contributed by atoms with Crippen LogP contribution in [-0.4, -0.2) is 46.7 Å². The molecule has 186 valence electrons. The molecule has 3 aromatic carbocycles. The molecule has 1 aliphatic carbocycles. The van der Waals surface area contributed by atoms with Gasteiger partial charge in [-0.15, -0.1) is 0 Å². The number of nitrogens with zero attached hydrogens (tertiary/aromatic N) is 8. The van der Waals surface area contributed by atoms with Gasteiger partial charge in [0.05, 0.1) is 0 Å². The molecule has 8 nitrogen and oxygen atoms in total. The summed E-state index contributed by atoms with van der Waals surface area (Å²) in [6.07, 6.45) is 6.01. The fraction of sp³-hybridized carbons (Fsp3) is 0.0625. The summed E-state index contributed by atoms with van der Waals surface area (Å²) in [5, 5.41) is 0. The first kappa shape index (κ1) is 21.4. The highest BCUT2D eigenvalue weighted by Gasteiger charge is 2.31. The Balaban J connectivity index is 1.35. The van der Waals surface area contributed by atoms with E-state index in [4.69, 9.17) is 39.9 Å². The van der Waals surface area contributed by atoms with Crippen LogP contribution in [-0.2, 0) is 0 Å². The lowest BCUT2D eigenvalue weighted by Crippen LogP contribution is -2.05. The van der Waals surface area contributed by atoms with Gasteiger partial charge in [-0.1, -0.05) is 84.9 Å². The lowest BCUT2D eigenvalue weighted by Gasteiger charge is -2.08. The second-order valence-electron chi connectivity index (χ2n) is 9.95. The van der Waals surface area contributed by atoms with Crippen LogP contribution in [0.1, 0.15) is 46.2 Å². The van der Waals surface area contributed by atoms with E-state index in [0.29, 0.717) is 46.7 Å². The summed E-state index contributed by atoms with van der Waals surface area (Å²) in [4.78, 5) is 39.5. The van der Waals surface area contributed by atoms with E-state index < -0.39 is 0 Å². The topological polar surface area (TPSA) is 98.9 Å². The number of allylic oxidation sites excluding steroid dienone is 1. The Morgan fingerprint density at radius 1 is 0.375 bits per heavy atom. The van der Waals surface area contributed by atoms with Gasteiger partial charge in [-0.05, 0) is 12.8 Å². The Morgan fingerprint density at radius 2 is 0.700 bits per heavy atom. The molecule has 0 amide bonds. The third kappa shape index (κ3) is 3.07. The van der Waals surface area contributed by atoms with E-state index in [1.54, 1.807) is 0 Å². The summed E-state index contributed by atoms with van der Waals surface area (Å²) in [6.45, 7) is 0. The third-order valence-corrected chi connectivity index (χ3v) is 7.60. The number of hydrogen-bond donors (Lipinski definition) is 0. The SMILES string of the molecule is C1=CC2=C(CC1)C1=NC3=NC(=NC4=NC(=NC5=NC(=NC2=N1)c1ccccc15)c1ccccc14)c1ccccc13. The zero-order valence-electron chi connectivity index (χ0n) is 21.1. The minimum absolute atomic E-state index is 0.561. The molecule has 5 heterocycles. The van der Waals surface area contributed by atoms with Crippen molar-refractivity contribution in [1.82, 2.24) is 0 Å². The Bertz CT molecular complexity index is 2040. The van der Waals surface area contributed by atoms with Gasteiger partial charge < -0.3 is 0 Å². The van der Waals surface area contributed by atoms with Gasteiger partial charge in [-0.2, -0.15) is 0 Å². The van der Waals surface area contributed by atoms with Gasteiger partial charge in [0.15, 0.2) is 46.7 Å². The minimum atomic E-state index is 0.561. The lowest BCUT2D eigenvalue weighted by molar-refractivity contribution is 0.998. The molecule has 6 aliphatic rings. The molecule has 0 atom stereocenters. The fourth-order valence-electron chi connectivity index (χ4n) is 5.71. The van der Waals surface area contributed by atoms with Crippen molar-refractivity contribution in [2.45, 2.75) is 12.8 Å². The zero-order valence-corrected chi connectivity index (χ0v) is 21.1. The van der Waals surface area contributed by atoms with Gasteiger partial charge in [0.1, 0.15) is 0 Å².